The van der Waals surface area contributed by atoms with Crippen LogP contribution in [0.5, 0.6) is 5.75 Å². The highest BCUT2D eigenvalue weighted by Gasteiger charge is 2.22. The number of nitrogens with one attached hydrogen (secondary N) is 2. The average molecular weight is 453 g/mol. The molecule has 3 aromatic carbocycles. The number of benzene rings is 3. The van der Waals surface area contributed by atoms with Gasteiger partial charge in [-0.3, -0.25) is 9.59 Å². The first-order chi connectivity index (χ1) is 15.4. The Balaban J connectivity index is 1.69. The number of anilines is 1. The van der Waals surface area contributed by atoms with Crippen LogP contribution in [0.2, 0.25) is 0 Å². The van der Waals surface area contributed by atoms with Gasteiger partial charge in [-0.2, -0.15) is 0 Å². The minimum atomic E-state index is -4.11. The molecule has 0 radical (unpaired) electrons. The van der Waals surface area contributed by atoms with E-state index < -0.39 is 21.8 Å². The van der Waals surface area contributed by atoms with E-state index in [2.05, 4.69) is 5.32 Å². The highest BCUT2D eigenvalue weighted by Crippen LogP contribution is 2.22. The van der Waals surface area contributed by atoms with Crippen LogP contribution in [0, 0.1) is 0 Å². The number of hydrogen-bond donors (Lipinski definition) is 2. The fourth-order valence-corrected chi connectivity index (χ4v) is 4.10. The van der Waals surface area contributed by atoms with Crippen molar-refractivity contribution in [2.24, 2.45) is 0 Å². The van der Waals surface area contributed by atoms with Gasteiger partial charge in [0.05, 0.1) is 5.69 Å². The number of sulfonamides is 1. The molecule has 0 spiro atoms. The van der Waals surface area contributed by atoms with Crippen molar-refractivity contribution in [3.63, 3.8) is 0 Å². The van der Waals surface area contributed by atoms with Crippen molar-refractivity contribution in [2.75, 3.05) is 5.32 Å². The quantitative estimate of drug-likeness (QED) is 0.508. The monoisotopic (exact) mass is 452 g/mol. The minimum Gasteiger partial charge on any atom is -0.489 e. The predicted octanol–water partition coefficient (Wildman–Crippen LogP) is 4.12. The Hall–Kier alpha value is -3.65. The molecule has 0 heterocycles. The summed E-state index contributed by atoms with van der Waals surface area (Å²) >= 11 is 0. The normalized spacial score (nSPS) is 10.9. The van der Waals surface area contributed by atoms with Crippen molar-refractivity contribution < 1.29 is 22.7 Å². The van der Waals surface area contributed by atoms with E-state index in [1.54, 1.807) is 37.3 Å². The van der Waals surface area contributed by atoms with Crippen LogP contribution in [0.4, 0.5) is 5.69 Å². The number of hydrogen-bond acceptors (Lipinski definition) is 5. The molecule has 2 amide bonds. The maximum Gasteiger partial charge on any atom is 0.266 e. The molecule has 0 bridgehead atoms. The highest BCUT2D eigenvalue weighted by molar-refractivity contribution is 7.90. The fraction of sp³-hybridized carbons (Fsp3) is 0.167. The maximum atomic E-state index is 12.7. The van der Waals surface area contributed by atoms with Gasteiger partial charge >= 0.3 is 0 Å². The standard InChI is InChI=1S/C24H24N2O5S/c1-2-8-23(27)26-32(29,30)22-12-7-6-11-21(22)25-24(28)19-13-15-20(16-14-19)31-17-18-9-4-3-5-10-18/h3-7,9-16H,2,8,17H2,1H3,(H,25,28)(H,26,27). The summed E-state index contributed by atoms with van der Waals surface area (Å²) in [6, 6.07) is 22.2. The first-order valence-corrected chi connectivity index (χ1v) is 11.6. The van der Waals surface area contributed by atoms with E-state index in [1.807, 2.05) is 35.1 Å². The summed E-state index contributed by atoms with van der Waals surface area (Å²) in [5.74, 6) is -0.478. The average Bonchev–Trinajstić information content (AvgIpc) is 2.79. The predicted molar refractivity (Wildman–Crippen MR) is 122 cm³/mol. The lowest BCUT2D eigenvalue weighted by molar-refractivity contribution is -0.119. The zero-order chi connectivity index (χ0) is 23.0. The molecular weight excluding hydrogens is 428 g/mol. The molecule has 0 aliphatic heterocycles. The smallest absolute Gasteiger partial charge is 0.266 e. The van der Waals surface area contributed by atoms with Crippen LogP contribution in [0.15, 0.2) is 83.8 Å². The summed E-state index contributed by atoms with van der Waals surface area (Å²) in [7, 11) is -4.11. The molecule has 8 heteroatoms. The molecular formula is C24H24N2O5S. The molecule has 0 saturated carbocycles. The van der Waals surface area contributed by atoms with E-state index in [0.717, 1.165) is 5.56 Å². The summed E-state index contributed by atoms with van der Waals surface area (Å²) in [5, 5.41) is 2.61. The van der Waals surface area contributed by atoms with E-state index in [9.17, 15) is 18.0 Å². The van der Waals surface area contributed by atoms with Gasteiger partial charge in [0, 0.05) is 12.0 Å². The van der Waals surface area contributed by atoms with Crippen LogP contribution in [-0.2, 0) is 21.4 Å². The molecule has 2 N–H and O–H groups in total. The second-order valence-electron chi connectivity index (χ2n) is 7.03. The van der Waals surface area contributed by atoms with Crippen LogP contribution < -0.4 is 14.8 Å². The van der Waals surface area contributed by atoms with Gasteiger partial charge in [0.25, 0.3) is 15.9 Å². The van der Waals surface area contributed by atoms with Crippen molar-refractivity contribution in [2.45, 2.75) is 31.3 Å². The molecule has 7 nitrogen and oxygen atoms in total. The molecule has 3 rings (SSSR count). The first kappa shape index (κ1) is 23.0. The molecule has 3 aromatic rings. The van der Waals surface area contributed by atoms with Crippen molar-refractivity contribution in [1.82, 2.24) is 4.72 Å². The third kappa shape index (κ3) is 6.18. The van der Waals surface area contributed by atoms with Gasteiger partial charge in [-0.25, -0.2) is 13.1 Å². The molecule has 0 aromatic heterocycles. The summed E-state index contributed by atoms with van der Waals surface area (Å²) < 4.78 is 32.9. The van der Waals surface area contributed by atoms with Crippen molar-refractivity contribution >= 4 is 27.5 Å². The summed E-state index contributed by atoms with van der Waals surface area (Å²) in [6.07, 6.45) is 0.608. The fourth-order valence-electron chi connectivity index (χ4n) is 2.93. The topological polar surface area (TPSA) is 102 Å². The SMILES string of the molecule is CCCC(=O)NS(=O)(=O)c1ccccc1NC(=O)c1ccc(OCc2ccccc2)cc1. The molecule has 0 atom stereocenters. The van der Waals surface area contributed by atoms with Crippen LogP contribution in [-0.4, -0.2) is 20.2 Å². The van der Waals surface area contributed by atoms with Crippen LogP contribution in [0.25, 0.3) is 0 Å². The van der Waals surface area contributed by atoms with Gasteiger partial charge in [0.1, 0.15) is 17.3 Å². The Labute approximate surface area is 187 Å². The van der Waals surface area contributed by atoms with Crippen LogP contribution >= 0.6 is 0 Å². The zero-order valence-electron chi connectivity index (χ0n) is 17.6. The van der Waals surface area contributed by atoms with Crippen molar-refractivity contribution in [1.29, 1.82) is 0 Å². The number of carbonyl (C=O) groups excluding carboxylic acids is 2. The van der Waals surface area contributed by atoms with E-state index in [1.165, 1.54) is 18.2 Å². The van der Waals surface area contributed by atoms with E-state index in [-0.39, 0.29) is 17.0 Å². The van der Waals surface area contributed by atoms with E-state index >= 15 is 0 Å². The van der Waals surface area contributed by atoms with Gasteiger partial charge in [-0.1, -0.05) is 49.4 Å². The summed E-state index contributed by atoms with van der Waals surface area (Å²) in [5.41, 5.74) is 1.44. The van der Waals surface area contributed by atoms with E-state index in [4.69, 9.17) is 4.74 Å². The Morgan fingerprint density at radius 1 is 0.875 bits per heavy atom. The van der Waals surface area contributed by atoms with Crippen molar-refractivity contribution in [3.8, 4) is 5.75 Å². The molecule has 0 aliphatic carbocycles. The number of para-hydroxylation sites is 1. The second-order valence-corrected chi connectivity index (χ2v) is 8.68. The Bertz CT molecular complexity index is 1180. The van der Waals surface area contributed by atoms with Crippen molar-refractivity contribution in [3.05, 3.63) is 90.0 Å². The lowest BCUT2D eigenvalue weighted by Gasteiger charge is -2.13. The summed E-state index contributed by atoms with van der Waals surface area (Å²) in [4.78, 5) is 24.3. The van der Waals surface area contributed by atoms with Crippen LogP contribution in [0.1, 0.15) is 35.7 Å². The molecule has 32 heavy (non-hydrogen) atoms. The molecule has 166 valence electrons. The lowest BCUT2D eigenvalue weighted by Crippen LogP contribution is -2.31. The van der Waals surface area contributed by atoms with Gasteiger partial charge in [0.2, 0.25) is 5.91 Å². The number of ether oxygens (including phenoxy) is 1. The third-order valence-corrected chi connectivity index (χ3v) is 5.95. The van der Waals surface area contributed by atoms with E-state index in [0.29, 0.717) is 24.3 Å². The zero-order valence-corrected chi connectivity index (χ0v) is 18.4. The second kappa shape index (κ2) is 10.6. The minimum absolute atomic E-state index is 0.0821. The molecule has 0 saturated heterocycles. The van der Waals surface area contributed by atoms with Gasteiger partial charge in [-0.15, -0.1) is 0 Å². The lowest BCUT2D eigenvalue weighted by atomic mass is 10.2. The first-order valence-electron chi connectivity index (χ1n) is 10.1. The Kier molecular flexibility index (Phi) is 7.62. The Morgan fingerprint density at radius 3 is 2.22 bits per heavy atom. The summed E-state index contributed by atoms with van der Waals surface area (Å²) in [6.45, 7) is 2.18. The van der Waals surface area contributed by atoms with Gasteiger partial charge in [0.15, 0.2) is 0 Å². The maximum absolute atomic E-state index is 12.7. The van der Waals surface area contributed by atoms with Gasteiger partial charge in [-0.05, 0) is 48.4 Å². The van der Waals surface area contributed by atoms with Gasteiger partial charge < -0.3 is 10.1 Å². The number of carbonyl (C=O) groups is 2. The molecule has 0 aliphatic rings. The van der Waals surface area contributed by atoms with Crippen LogP contribution in [0.3, 0.4) is 0 Å². The molecule has 0 unspecified atom stereocenters. The Morgan fingerprint density at radius 2 is 1.53 bits per heavy atom. The third-order valence-electron chi connectivity index (χ3n) is 4.51. The highest BCUT2D eigenvalue weighted by atomic mass is 32.2. The number of amides is 2. The molecule has 0 fully saturated rings. The largest absolute Gasteiger partial charge is 0.489 e. The number of rotatable bonds is 9.